The summed E-state index contributed by atoms with van der Waals surface area (Å²) in [7, 11) is 0. The smallest absolute Gasteiger partial charge is 0.303 e. The molecule has 4 aliphatic carbocycles. The molecule has 1 heterocycles. The Labute approximate surface area is 213 Å². The second kappa shape index (κ2) is 9.46. The molecular weight excluding hydrogens is 436 g/mol. The molecule has 5 rings (SSSR count). The Balaban J connectivity index is 1.38. The lowest BCUT2D eigenvalue weighted by Gasteiger charge is -2.60. The first kappa shape index (κ1) is 25.8. The highest BCUT2D eigenvalue weighted by Crippen LogP contribution is 2.68. The molecule has 198 valence electrons. The maximum absolute atomic E-state index is 12.2. The van der Waals surface area contributed by atoms with Crippen LogP contribution in [-0.2, 0) is 19.0 Å². The summed E-state index contributed by atoms with van der Waals surface area (Å²) < 4.78 is 18.3. The van der Waals surface area contributed by atoms with Crippen LogP contribution in [-0.4, -0.2) is 31.1 Å². The topological polar surface area (TPSA) is 44.8 Å². The largest absolute Gasteiger partial charge is 0.452 e. The van der Waals surface area contributed by atoms with E-state index in [1.54, 1.807) is 0 Å². The molecule has 0 aromatic carbocycles. The van der Waals surface area contributed by atoms with Crippen molar-refractivity contribution in [1.82, 2.24) is 0 Å². The van der Waals surface area contributed by atoms with Crippen LogP contribution >= 0.6 is 0 Å². The van der Waals surface area contributed by atoms with Crippen LogP contribution in [0.2, 0.25) is 0 Å². The number of fused-ring (bicyclic) bond motifs is 5. The number of hydrogen-bond donors (Lipinski definition) is 0. The van der Waals surface area contributed by atoms with Crippen molar-refractivity contribution < 1.29 is 19.0 Å². The zero-order valence-electron chi connectivity index (χ0n) is 23.2. The zero-order valence-corrected chi connectivity index (χ0v) is 23.2. The quantitative estimate of drug-likeness (QED) is 0.292. The van der Waals surface area contributed by atoms with Gasteiger partial charge in [0.05, 0.1) is 13.2 Å². The molecule has 0 amide bonds. The van der Waals surface area contributed by atoms with Crippen LogP contribution in [0.1, 0.15) is 106 Å². The molecule has 35 heavy (non-hydrogen) atoms. The molecule has 4 fully saturated rings. The summed E-state index contributed by atoms with van der Waals surface area (Å²) in [5, 5.41) is 0. The van der Waals surface area contributed by atoms with Crippen LogP contribution in [0.25, 0.3) is 0 Å². The van der Waals surface area contributed by atoms with Gasteiger partial charge >= 0.3 is 5.97 Å². The molecular formula is C31H50O4. The lowest BCUT2D eigenvalue weighted by molar-refractivity contribution is -0.245. The molecule has 3 saturated carbocycles. The van der Waals surface area contributed by atoms with Gasteiger partial charge in [-0.2, -0.15) is 0 Å². The van der Waals surface area contributed by atoms with E-state index in [0.717, 1.165) is 48.9 Å². The normalized spacial score (nSPS) is 42.8. The van der Waals surface area contributed by atoms with E-state index in [1.807, 2.05) is 0 Å². The van der Waals surface area contributed by atoms with Crippen molar-refractivity contribution in [2.24, 2.45) is 46.3 Å². The number of carbonyl (C=O) groups excluding carboxylic acids is 1. The summed E-state index contributed by atoms with van der Waals surface area (Å²) in [5.41, 5.74) is 1.86. The van der Waals surface area contributed by atoms with Gasteiger partial charge in [-0.3, -0.25) is 4.79 Å². The van der Waals surface area contributed by atoms with E-state index < -0.39 is 11.9 Å². The minimum Gasteiger partial charge on any atom is -0.452 e. The van der Waals surface area contributed by atoms with E-state index in [4.69, 9.17) is 14.2 Å². The Morgan fingerprint density at radius 1 is 1.03 bits per heavy atom. The highest BCUT2D eigenvalue weighted by molar-refractivity contribution is 5.67. The minimum atomic E-state index is -0.767. The van der Waals surface area contributed by atoms with Crippen LogP contribution in [0.5, 0.6) is 0 Å². The van der Waals surface area contributed by atoms with Gasteiger partial charge in [0.15, 0.2) is 6.10 Å². The van der Waals surface area contributed by atoms with Crippen molar-refractivity contribution in [3.05, 3.63) is 11.6 Å². The van der Waals surface area contributed by atoms with Gasteiger partial charge in [-0.1, -0.05) is 60.0 Å². The van der Waals surface area contributed by atoms with Crippen molar-refractivity contribution >= 4 is 5.97 Å². The fourth-order valence-electron chi connectivity index (χ4n) is 9.77. The molecule has 0 radical (unpaired) electrons. The molecule has 0 aromatic heterocycles. The standard InChI is InChI=1S/C31H50O4/c1-20(2)8-7-9-21(3)24-12-13-25-23-10-11-27-28(35-22(4)32)31(33-18-19-34-31)17-16-30(27,6)26(23)14-15-29(24,25)5/h11,20-21,23-26,28H,7-10,12-19H2,1-6H3/t21-,23+,24+,25-,26+,28+,29-,30+/m1/s1. The van der Waals surface area contributed by atoms with Gasteiger partial charge in [0.2, 0.25) is 5.79 Å². The van der Waals surface area contributed by atoms with Crippen molar-refractivity contribution in [3.63, 3.8) is 0 Å². The Hall–Kier alpha value is -0.870. The van der Waals surface area contributed by atoms with E-state index in [-0.39, 0.29) is 11.4 Å². The van der Waals surface area contributed by atoms with Crippen molar-refractivity contribution in [1.29, 1.82) is 0 Å². The third kappa shape index (κ3) is 4.23. The number of esters is 1. The molecule has 1 saturated heterocycles. The summed E-state index contributed by atoms with van der Waals surface area (Å²) in [6, 6.07) is 0. The summed E-state index contributed by atoms with van der Waals surface area (Å²) in [6.45, 7) is 15.1. The van der Waals surface area contributed by atoms with Gasteiger partial charge < -0.3 is 14.2 Å². The molecule has 4 nitrogen and oxygen atoms in total. The minimum absolute atomic E-state index is 0.0753. The highest BCUT2D eigenvalue weighted by Gasteiger charge is 2.64. The van der Waals surface area contributed by atoms with E-state index in [0.29, 0.717) is 24.5 Å². The molecule has 1 aliphatic heterocycles. The first-order valence-corrected chi connectivity index (χ1v) is 14.8. The molecule has 5 aliphatic rings. The van der Waals surface area contributed by atoms with Gasteiger partial charge in [0.25, 0.3) is 0 Å². The first-order valence-electron chi connectivity index (χ1n) is 14.8. The highest BCUT2D eigenvalue weighted by atomic mass is 16.8. The number of hydrogen-bond acceptors (Lipinski definition) is 4. The van der Waals surface area contributed by atoms with E-state index in [9.17, 15) is 4.79 Å². The average molecular weight is 487 g/mol. The lowest BCUT2D eigenvalue weighted by atomic mass is 9.46. The molecule has 1 spiro atoms. The third-order valence-electron chi connectivity index (χ3n) is 11.5. The fraction of sp³-hybridized carbons (Fsp3) is 0.903. The predicted molar refractivity (Wildman–Crippen MR) is 139 cm³/mol. The van der Waals surface area contributed by atoms with Crippen LogP contribution < -0.4 is 0 Å². The second-order valence-electron chi connectivity index (χ2n) is 13.7. The van der Waals surface area contributed by atoms with Crippen molar-refractivity contribution in [2.75, 3.05) is 13.2 Å². The molecule has 0 N–H and O–H groups in total. The van der Waals surface area contributed by atoms with Gasteiger partial charge in [0.1, 0.15) is 0 Å². The molecule has 0 unspecified atom stereocenters. The molecule has 4 heteroatoms. The lowest BCUT2D eigenvalue weighted by Crippen LogP contribution is -2.59. The van der Waals surface area contributed by atoms with Gasteiger partial charge in [-0.15, -0.1) is 0 Å². The monoisotopic (exact) mass is 486 g/mol. The Kier molecular flexibility index (Phi) is 6.96. The number of carbonyl (C=O) groups is 1. The third-order valence-corrected chi connectivity index (χ3v) is 11.5. The Bertz CT molecular complexity index is 826. The summed E-state index contributed by atoms with van der Waals surface area (Å²) in [5.74, 6) is 3.79. The number of ether oxygens (including phenoxy) is 3. The van der Waals surface area contributed by atoms with Crippen LogP contribution in [0.15, 0.2) is 11.6 Å². The summed E-state index contributed by atoms with van der Waals surface area (Å²) in [4.78, 5) is 12.2. The molecule has 0 aromatic rings. The van der Waals surface area contributed by atoms with Crippen molar-refractivity contribution in [3.8, 4) is 0 Å². The SMILES string of the molecule is CC(=O)O[C@H]1C2=CC[C@H]3[C@H]4CC[C@@H]([C@H](C)CCCC(C)C)[C@@]4(C)CC[C@@H]3[C@]2(C)CCC12OCCO2. The van der Waals surface area contributed by atoms with E-state index >= 15 is 0 Å². The second-order valence-corrected chi connectivity index (χ2v) is 13.7. The van der Waals surface area contributed by atoms with Crippen LogP contribution in [0, 0.1) is 46.3 Å². The first-order chi connectivity index (χ1) is 16.6. The average Bonchev–Trinajstić information content (AvgIpc) is 3.40. The number of rotatable bonds is 6. The maximum atomic E-state index is 12.2. The van der Waals surface area contributed by atoms with Crippen LogP contribution in [0.4, 0.5) is 0 Å². The molecule has 8 atom stereocenters. The van der Waals surface area contributed by atoms with Gasteiger partial charge in [-0.25, -0.2) is 0 Å². The molecule has 0 bridgehead atoms. The summed E-state index contributed by atoms with van der Waals surface area (Å²) in [6.07, 6.45) is 14.7. The maximum Gasteiger partial charge on any atom is 0.303 e. The fourth-order valence-corrected chi connectivity index (χ4v) is 9.77. The zero-order chi connectivity index (χ0) is 25.0. The predicted octanol–water partition coefficient (Wildman–Crippen LogP) is 7.31. The van der Waals surface area contributed by atoms with Gasteiger partial charge in [-0.05, 0) is 90.4 Å². The van der Waals surface area contributed by atoms with Gasteiger partial charge in [0, 0.05) is 13.3 Å². The van der Waals surface area contributed by atoms with Crippen molar-refractivity contribution in [2.45, 2.75) is 118 Å². The number of allylic oxidation sites excluding steroid dienone is 1. The van der Waals surface area contributed by atoms with E-state index in [2.05, 4.69) is 40.7 Å². The van der Waals surface area contributed by atoms with E-state index in [1.165, 1.54) is 57.4 Å². The summed E-state index contributed by atoms with van der Waals surface area (Å²) >= 11 is 0. The Morgan fingerprint density at radius 3 is 2.46 bits per heavy atom. The van der Waals surface area contributed by atoms with Crippen LogP contribution in [0.3, 0.4) is 0 Å². The Morgan fingerprint density at radius 2 is 1.77 bits per heavy atom.